The van der Waals surface area contributed by atoms with Gasteiger partial charge < -0.3 is 4.74 Å². The predicted octanol–water partition coefficient (Wildman–Crippen LogP) is 2.86. The highest BCUT2D eigenvalue weighted by Crippen LogP contribution is 2.29. The van der Waals surface area contributed by atoms with E-state index in [1.807, 2.05) is 0 Å². The molecule has 0 bridgehead atoms. The zero-order chi connectivity index (χ0) is 19.4. The van der Waals surface area contributed by atoms with Crippen molar-refractivity contribution in [3.63, 3.8) is 0 Å². The van der Waals surface area contributed by atoms with Gasteiger partial charge in [-0.3, -0.25) is 19.2 Å². The van der Waals surface area contributed by atoms with Crippen LogP contribution in [0.2, 0.25) is 0 Å². The molecule has 0 saturated carbocycles. The maximum absolute atomic E-state index is 12.5. The Labute approximate surface area is 160 Å². The highest BCUT2D eigenvalue weighted by Gasteiger charge is 2.40. The summed E-state index contributed by atoms with van der Waals surface area (Å²) in [6, 6.07) is 14.9. The van der Waals surface area contributed by atoms with Crippen molar-refractivity contribution in [2.75, 3.05) is 10.7 Å². The summed E-state index contributed by atoms with van der Waals surface area (Å²) in [5, 5.41) is -0.606. The number of carbonyl (C=O) groups excluding carboxylic acids is 4. The molecule has 27 heavy (non-hydrogen) atoms. The number of ether oxygens (including phenoxy) is 1. The van der Waals surface area contributed by atoms with E-state index in [-0.39, 0.29) is 29.8 Å². The molecule has 2 aromatic rings. The molecule has 2 aromatic carbocycles. The molecule has 0 aliphatic carbocycles. The minimum atomic E-state index is -0.606. The van der Waals surface area contributed by atoms with Gasteiger partial charge in [0.25, 0.3) is 0 Å². The third-order valence-electron chi connectivity index (χ3n) is 4.01. The van der Waals surface area contributed by atoms with Crippen molar-refractivity contribution < 1.29 is 23.9 Å². The van der Waals surface area contributed by atoms with Crippen LogP contribution in [0.3, 0.4) is 0 Å². The van der Waals surface area contributed by atoms with E-state index in [9.17, 15) is 19.2 Å². The molecule has 0 N–H and O–H groups in total. The number of anilines is 1. The van der Waals surface area contributed by atoms with Gasteiger partial charge in [0.1, 0.15) is 5.75 Å². The Morgan fingerprint density at radius 1 is 1.07 bits per heavy atom. The number of amides is 2. The molecule has 1 aliphatic rings. The Balaban J connectivity index is 1.55. The smallest absolute Gasteiger partial charge is 0.321 e. The van der Waals surface area contributed by atoms with Gasteiger partial charge in [-0.05, 0) is 43.3 Å². The number of carbonyl (C=O) groups is 4. The lowest BCUT2D eigenvalue weighted by atomic mass is 10.1. The maximum Gasteiger partial charge on any atom is 0.321 e. The summed E-state index contributed by atoms with van der Waals surface area (Å²) < 4.78 is 5.20. The number of ketones is 1. The van der Waals surface area contributed by atoms with Crippen molar-refractivity contribution >= 4 is 41.0 Å². The lowest BCUT2D eigenvalue weighted by Crippen LogP contribution is -2.31. The predicted molar refractivity (Wildman–Crippen MR) is 102 cm³/mol. The van der Waals surface area contributed by atoms with E-state index in [4.69, 9.17) is 4.74 Å². The average Bonchev–Trinajstić information content (AvgIpc) is 2.94. The second-order valence-corrected chi connectivity index (χ2v) is 7.15. The summed E-state index contributed by atoms with van der Waals surface area (Å²) in [7, 11) is 0. The molecule has 7 heteroatoms. The summed E-state index contributed by atoms with van der Waals surface area (Å²) in [6.07, 6.45) is 0.0545. The van der Waals surface area contributed by atoms with Gasteiger partial charge in [0.2, 0.25) is 11.8 Å². The van der Waals surface area contributed by atoms with E-state index in [0.29, 0.717) is 17.0 Å². The summed E-state index contributed by atoms with van der Waals surface area (Å²) in [6.45, 7) is 1.45. The lowest BCUT2D eigenvalue weighted by Gasteiger charge is -2.14. The zero-order valence-corrected chi connectivity index (χ0v) is 15.4. The van der Waals surface area contributed by atoms with Crippen molar-refractivity contribution in [1.29, 1.82) is 0 Å². The van der Waals surface area contributed by atoms with Crippen LogP contribution in [0.4, 0.5) is 5.69 Å². The molecule has 1 fully saturated rings. The quantitative estimate of drug-likeness (QED) is 0.330. The number of nitrogens with zero attached hydrogens (tertiary/aromatic N) is 1. The first-order chi connectivity index (χ1) is 13.0. The SMILES string of the molecule is CC(=O)c1ccc(OC(=O)CS[C@H]2CC(=O)N(c3ccccc3)C2=O)cc1. The van der Waals surface area contributed by atoms with Crippen LogP contribution in [-0.2, 0) is 14.4 Å². The first-order valence-electron chi connectivity index (χ1n) is 8.31. The Hall–Kier alpha value is -2.93. The van der Waals surface area contributed by atoms with Gasteiger partial charge in [-0.1, -0.05) is 18.2 Å². The summed E-state index contributed by atoms with van der Waals surface area (Å²) in [4.78, 5) is 49.1. The Kier molecular flexibility index (Phi) is 5.71. The molecular weight excluding hydrogens is 366 g/mol. The average molecular weight is 383 g/mol. The largest absolute Gasteiger partial charge is 0.426 e. The van der Waals surface area contributed by atoms with Crippen LogP contribution in [0.25, 0.3) is 0 Å². The number of esters is 1. The second kappa shape index (κ2) is 8.18. The van der Waals surface area contributed by atoms with Crippen LogP contribution in [-0.4, -0.2) is 34.6 Å². The summed E-state index contributed by atoms with van der Waals surface area (Å²) in [5.74, 6) is -0.928. The van der Waals surface area contributed by atoms with E-state index >= 15 is 0 Å². The van der Waals surface area contributed by atoms with Gasteiger partial charge in [0.05, 0.1) is 16.7 Å². The highest BCUT2D eigenvalue weighted by atomic mass is 32.2. The van der Waals surface area contributed by atoms with Gasteiger partial charge in [-0.15, -0.1) is 11.8 Å². The summed E-state index contributed by atoms with van der Waals surface area (Å²) >= 11 is 1.09. The number of imide groups is 1. The number of rotatable bonds is 6. The molecule has 1 aliphatic heterocycles. The van der Waals surface area contributed by atoms with Gasteiger partial charge >= 0.3 is 5.97 Å². The van der Waals surface area contributed by atoms with Crippen molar-refractivity contribution in [2.24, 2.45) is 0 Å². The molecule has 0 unspecified atom stereocenters. The summed E-state index contributed by atoms with van der Waals surface area (Å²) in [5.41, 5.74) is 1.06. The highest BCUT2D eigenvalue weighted by molar-refractivity contribution is 8.01. The standard InChI is InChI=1S/C20H17NO5S/c1-13(22)14-7-9-16(10-8-14)26-19(24)12-27-17-11-18(23)21(20(17)25)15-5-3-2-4-6-15/h2-10,17H,11-12H2,1H3/t17-/m0/s1. The van der Waals surface area contributed by atoms with Crippen LogP contribution in [0.1, 0.15) is 23.7 Å². The first-order valence-corrected chi connectivity index (χ1v) is 9.35. The van der Waals surface area contributed by atoms with Crippen LogP contribution >= 0.6 is 11.8 Å². The van der Waals surface area contributed by atoms with Gasteiger partial charge in [-0.2, -0.15) is 0 Å². The first kappa shape index (κ1) is 18.8. The molecule has 6 nitrogen and oxygen atoms in total. The minimum absolute atomic E-state index is 0.0545. The molecule has 0 spiro atoms. The van der Waals surface area contributed by atoms with E-state index in [0.717, 1.165) is 16.7 Å². The molecule has 0 aromatic heterocycles. The van der Waals surface area contributed by atoms with Crippen LogP contribution < -0.4 is 9.64 Å². The van der Waals surface area contributed by atoms with Crippen LogP contribution in [0.15, 0.2) is 54.6 Å². The third-order valence-corrected chi connectivity index (χ3v) is 5.19. The van der Waals surface area contributed by atoms with E-state index in [1.165, 1.54) is 6.92 Å². The van der Waals surface area contributed by atoms with E-state index < -0.39 is 11.2 Å². The molecular formula is C20H17NO5S. The Morgan fingerprint density at radius 2 is 1.74 bits per heavy atom. The molecule has 2 amide bonds. The monoisotopic (exact) mass is 383 g/mol. The topological polar surface area (TPSA) is 80.8 Å². The number of hydrogen-bond acceptors (Lipinski definition) is 6. The fraction of sp³-hybridized carbons (Fsp3) is 0.200. The van der Waals surface area contributed by atoms with Crippen molar-refractivity contribution in [2.45, 2.75) is 18.6 Å². The number of hydrogen-bond donors (Lipinski definition) is 0. The van der Waals surface area contributed by atoms with Crippen molar-refractivity contribution in [3.8, 4) is 5.75 Å². The Bertz CT molecular complexity index is 879. The third kappa shape index (κ3) is 4.43. The normalized spacial score (nSPS) is 16.5. The maximum atomic E-state index is 12.5. The molecule has 3 rings (SSSR count). The van der Waals surface area contributed by atoms with Gasteiger partial charge in [0.15, 0.2) is 5.78 Å². The second-order valence-electron chi connectivity index (χ2n) is 5.96. The number of thioether (sulfide) groups is 1. The lowest BCUT2D eigenvalue weighted by molar-refractivity contribution is -0.131. The molecule has 1 atom stereocenters. The number of benzene rings is 2. The van der Waals surface area contributed by atoms with E-state index in [1.54, 1.807) is 54.6 Å². The van der Waals surface area contributed by atoms with Gasteiger partial charge in [0, 0.05) is 12.0 Å². The fourth-order valence-corrected chi connectivity index (χ4v) is 3.57. The molecule has 1 heterocycles. The van der Waals surface area contributed by atoms with Crippen LogP contribution in [0, 0.1) is 0 Å². The minimum Gasteiger partial charge on any atom is -0.426 e. The van der Waals surface area contributed by atoms with E-state index in [2.05, 4.69) is 0 Å². The number of para-hydroxylation sites is 1. The zero-order valence-electron chi connectivity index (χ0n) is 14.6. The Morgan fingerprint density at radius 3 is 2.37 bits per heavy atom. The van der Waals surface area contributed by atoms with Gasteiger partial charge in [-0.25, -0.2) is 4.90 Å². The van der Waals surface area contributed by atoms with Crippen molar-refractivity contribution in [1.82, 2.24) is 0 Å². The van der Waals surface area contributed by atoms with Crippen molar-refractivity contribution in [3.05, 3.63) is 60.2 Å². The van der Waals surface area contributed by atoms with Crippen LogP contribution in [0.5, 0.6) is 5.75 Å². The number of Topliss-reactive ketones (excluding diaryl/α,β-unsaturated/α-hetero) is 1. The fourth-order valence-electron chi connectivity index (χ4n) is 2.67. The molecule has 1 saturated heterocycles. The molecule has 0 radical (unpaired) electrons. The molecule has 138 valence electrons.